The molecule has 3 rings (SSSR count). The molecule has 0 bridgehead atoms. The van der Waals surface area contributed by atoms with Gasteiger partial charge in [-0.2, -0.15) is 5.10 Å². The van der Waals surface area contributed by atoms with Gasteiger partial charge in [0.2, 0.25) is 0 Å². The van der Waals surface area contributed by atoms with E-state index in [0.717, 1.165) is 28.7 Å². The highest BCUT2D eigenvalue weighted by molar-refractivity contribution is 6.31. The number of carbonyl (C=O) groups is 1. The number of aromatic nitrogens is 3. The molecule has 1 aromatic carbocycles. The number of nitrogens with zero attached hydrogens (tertiary/aromatic N) is 3. The number of carbonyl (C=O) groups excluding carboxylic acids is 1. The van der Waals surface area contributed by atoms with Gasteiger partial charge in [0.25, 0.3) is 0 Å². The van der Waals surface area contributed by atoms with Crippen LogP contribution in [0.15, 0.2) is 30.5 Å². The normalized spacial score (nSPS) is 11.1. The molecule has 3 aromatic rings. The van der Waals surface area contributed by atoms with E-state index < -0.39 is 0 Å². The largest absolute Gasteiger partial charge is 0.301 e. The van der Waals surface area contributed by atoms with Crippen molar-refractivity contribution in [3.63, 3.8) is 0 Å². The summed E-state index contributed by atoms with van der Waals surface area (Å²) in [7, 11) is 1.83. The first-order valence-corrected chi connectivity index (χ1v) is 6.25. The molecule has 19 heavy (non-hydrogen) atoms. The quantitative estimate of drug-likeness (QED) is 0.673. The molecule has 0 aliphatic carbocycles. The molecule has 0 radical (unpaired) electrons. The van der Waals surface area contributed by atoms with Gasteiger partial charge in [0.1, 0.15) is 5.82 Å². The van der Waals surface area contributed by atoms with Gasteiger partial charge in [0, 0.05) is 23.7 Å². The molecule has 0 saturated heterocycles. The van der Waals surface area contributed by atoms with Crippen LogP contribution in [0.2, 0.25) is 5.02 Å². The van der Waals surface area contributed by atoms with Crippen molar-refractivity contribution in [3.8, 4) is 5.82 Å². The molecule has 0 amide bonds. The van der Waals surface area contributed by atoms with Crippen molar-refractivity contribution in [2.75, 3.05) is 0 Å². The first kappa shape index (κ1) is 12.0. The molecular weight excluding hydrogens is 262 g/mol. The minimum Gasteiger partial charge on any atom is -0.301 e. The molecule has 2 aromatic heterocycles. The van der Waals surface area contributed by atoms with Crippen LogP contribution in [0, 0.1) is 6.92 Å². The zero-order valence-electron chi connectivity index (χ0n) is 10.6. The van der Waals surface area contributed by atoms with Crippen LogP contribution >= 0.6 is 11.6 Å². The maximum absolute atomic E-state index is 11.3. The van der Waals surface area contributed by atoms with Crippen LogP contribution < -0.4 is 0 Å². The molecular formula is C14H12ClN3O. The van der Waals surface area contributed by atoms with Crippen molar-refractivity contribution >= 4 is 28.8 Å². The van der Waals surface area contributed by atoms with Crippen LogP contribution in [0.25, 0.3) is 16.7 Å². The highest BCUT2D eigenvalue weighted by atomic mass is 35.5. The molecule has 0 N–H and O–H groups in total. The number of aryl methyl sites for hydroxylation is 2. The van der Waals surface area contributed by atoms with Gasteiger partial charge in [-0.1, -0.05) is 11.6 Å². The predicted molar refractivity (Wildman–Crippen MR) is 75.2 cm³/mol. The van der Waals surface area contributed by atoms with Crippen molar-refractivity contribution in [1.29, 1.82) is 0 Å². The Morgan fingerprint density at radius 1 is 1.32 bits per heavy atom. The number of aldehydes is 1. The Hall–Kier alpha value is -2.07. The molecule has 0 aliphatic rings. The molecule has 2 heterocycles. The minimum absolute atomic E-state index is 0.606. The fourth-order valence-corrected chi connectivity index (χ4v) is 2.56. The fourth-order valence-electron chi connectivity index (χ4n) is 2.38. The van der Waals surface area contributed by atoms with Crippen molar-refractivity contribution in [2.45, 2.75) is 6.92 Å². The van der Waals surface area contributed by atoms with Gasteiger partial charge in [-0.15, -0.1) is 0 Å². The molecule has 5 heteroatoms. The topological polar surface area (TPSA) is 39.8 Å². The first-order chi connectivity index (χ1) is 9.11. The second-order valence-corrected chi connectivity index (χ2v) is 4.89. The molecule has 0 fully saturated rings. The lowest BCUT2D eigenvalue weighted by Gasteiger charge is -2.07. The lowest BCUT2D eigenvalue weighted by molar-refractivity contribution is 0.112. The highest BCUT2D eigenvalue weighted by Crippen LogP contribution is 2.25. The maximum Gasteiger partial charge on any atom is 0.155 e. The van der Waals surface area contributed by atoms with Crippen LogP contribution in [0.4, 0.5) is 0 Å². The Labute approximate surface area is 115 Å². The third-order valence-corrected chi connectivity index (χ3v) is 3.47. The Balaban J connectivity index is 2.33. The summed E-state index contributed by atoms with van der Waals surface area (Å²) in [6, 6.07) is 7.65. The van der Waals surface area contributed by atoms with Crippen LogP contribution in [0.3, 0.4) is 0 Å². The molecule has 4 nitrogen and oxygen atoms in total. The van der Waals surface area contributed by atoms with Crippen molar-refractivity contribution in [1.82, 2.24) is 14.3 Å². The van der Waals surface area contributed by atoms with Gasteiger partial charge < -0.3 is 4.57 Å². The zero-order valence-corrected chi connectivity index (χ0v) is 11.3. The minimum atomic E-state index is 0.606. The van der Waals surface area contributed by atoms with Gasteiger partial charge >= 0.3 is 0 Å². The Bertz CT molecular complexity index is 785. The SMILES string of the molecule is Cc1nn(C)c(-n2ccc3cc(Cl)ccc32)c1C=O. The van der Waals surface area contributed by atoms with Crippen LogP contribution in [0.1, 0.15) is 16.1 Å². The summed E-state index contributed by atoms with van der Waals surface area (Å²) >= 11 is 5.98. The van der Waals surface area contributed by atoms with Crippen LogP contribution in [0.5, 0.6) is 0 Å². The number of halogens is 1. The highest BCUT2D eigenvalue weighted by Gasteiger charge is 2.15. The van der Waals surface area contributed by atoms with Crippen molar-refractivity contribution in [2.24, 2.45) is 7.05 Å². The third-order valence-electron chi connectivity index (χ3n) is 3.24. The summed E-state index contributed by atoms with van der Waals surface area (Å²) in [6.07, 6.45) is 2.77. The summed E-state index contributed by atoms with van der Waals surface area (Å²) in [5.74, 6) is 0.768. The van der Waals surface area contributed by atoms with Crippen LogP contribution in [-0.4, -0.2) is 20.6 Å². The van der Waals surface area contributed by atoms with Gasteiger partial charge in [-0.05, 0) is 31.2 Å². The van der Waals surface area contributed by atoms with Gasteiger partial charge in [0.05, 0.1) is 16.8 Å². The fraction of sp³-hybridized carbons (Fsp3) is 0.143. The van der Waals surface area contributed by atoms with E-state index in [-0.39, 0.29) is 0 Å². The maximum atomic E-state index is 11.3. The standard InChI is InChI=1S/C14H12ClN3O/c1-9-12(8-19)14(17(2)16-9)18-6-5-10-7-11(15)3-4-13(10)18/h3-8H,1-2H3. The Kier molecular flexibility index (Phi) is 2.68. The molecule has 0 unspecified atom stereocenters. The molecule has 0 saturated carbocycles. The average Bonchev–Trinajstić information content (AvgIpc) is 2.89. The summed E-state index contributed by atoms with van der Waals surface area (Å²) in [5, 5.41) is 6.03. The first-order valence-electron chi connectivity index (χ1n) is 5.87. The number of rotatable bonds is 2. The van der Waals surface area contributed by atoms with E-state index >= 15 is 0 Å². The molecule has 0 atom stereocenters. The Morgan fingerprint density at radius 2 is 2.11 bits per heavy atom. The van der Waals surface area contributed by atoms with Gasteiger partial charge in [-0.3, -0.25) is 9.48 Å². The van der Waals surface area contributed by atoms with E-state index in [9.17, 15) is 4.79 Å². The molecule has 0 aliphatic heterocycles. The van der Waals surface area contributed by atoms with Gasteiger partial charge in [-0.25, -0.2) is 0 Å². The van der Waals surface area contributed by atoms with Crippen molar-refractivity contribution < 1.29 is 4.79 Å². The summed E-state index contributed by atoms with van der Waals surface area (Å²) in [6.45, 7) is 1.83. The zero-order chi connectivity index (χ0) is 13.6. The lowest BCUT2D eigenvalue weighted by Crippen LogP contribution is -2.03. The predicted octanol–water partition coefficient (Wildman–Crippen LogP) is 3.14. The van der Waals surface area contributed by atoms with Crippen molar-refractivity contribution in [3.05, 3.63) is 46.7 Å². The number of benzene rings is 1. The van der Waals surface area contributed by atoms with E-state index in [0.29, 0.717) is 10.6 Å². The number of hydrogen-bond donors (Lipinski definition) is 0. The van der Waals surface area contributed by atoms with E-state index in [1.54, 1.807) is 4.68 Å². The van der Waals surface area contributed by atoms with E-state index in [2.05, 4.69) is 5.10 Å². The summed E-state index contributed by atoms with van der Waals surface area (Å²) < 4.78 is 3.67. The summed E-state index contributed by atoms with van der Waals surface area (Å²) in [4.78, 5) is 11.3. The number of fused-ring (bicyclic) bond motifs is 1. The third kappa shape index (κ3) is 1.76. The van der Waals surface area contributed by atoms with Gasteiger partial charge in [0.15, 0.2) is 6.29 Å². The van der Waals surface area contributed by atoms with E-state index in [4.69, 9.17) is 11.6 Å². The van der Waals surface area contributed by atoms with E-state index in [1.165, 1.54) is 0 Å². The second-order valence-electron chi connectivity index (χ2n) is 4.45. The average molecular weight is 274 g/mol. The molecule has 0 spiro atoms. The van der Waals surface area contributed by atoms with E-state index in [1.807, 2.05) is 49.0 Å². The number of hydrogen-bond acceptors (Lipinski definition) is 2. The van der Waals surface area contributed by atoms with Crippen LogP contribution in [-0.2, 0) is 7.05 Å². The molecule has 96 valence electrons. The Morgan fingerprint density at radius 3 is 2.84 bits per heavy atom. The smallest absolute Gasteiger partial charge is 0.155 e. The summed E-state index contributed by atoms with van der Waals surface area (Å²) in [5.41, 5.74) is 2.33. The second kappa shape index (κ2) is 4.24. The lowest BCUT2D eigenvalue weighted by atomic mass is 10.2. The monoisotopic (exact) mass is 273 g/mol.